The lowest BCUT2D eigenvalue weighted by atomic mass is 10.0. The molecule has 2 aliphatic rings. The molecule has 2 heterocycles. The highest BCUT2D eigenvalue weighted by atomic mass is 32.2. The number of nitrogens with zero attached hydrogens (tertiary/aromatic N) is 1. The predicted molar refractivity (Wildman–Crippen MR) is 88.3 cm³/mol. The monoisotopic (exact) mass is 304 g/mol. The van der Waals surface area contributed by atoms with E-state index >= 15 is 0 Å². The van der Waals surface area contributed by atoms with Crippen LogP contribution >= 0.6 is 11.8 Å². The fourth-order valence-corrected chi connectivity index (χ4v) is 4.68. The van der Waals surface area contributed by atoms with Crippen molar-refractivity contribution in [2.75, 3.05) is 12.3 Å². The van der Waals surface area contributed by atoms with Gasteiger partial charge in [-0.1, -0.05) is 29.8 Å². The molecule has 0 spiro atoms. The summed E-state index contributed by atoms with van der Waals surface area (Å²) in [6.45, 7) is 7.21. The van der Waals surface area contributed by atoms with Crippen LogP contribution in [0.25, 0.3) is 0 Å². The van der Waals surface area contributed by atoms with E-state index in [1.165, 1.54) is 29.7 Å². The summed E-state index contributed by atoms with van der Waals surface area (Å²) < 4.78 is 0.212. The molecular weight excluding hydrogens is 280 g/mol. The largest absolute Gasteiger partial charge is 0.320 e. The maximum Gasteiger partial charge on any atom is 0.241 e. The van der Waals surface area contributed by atoms with E-state index in [2.05, 4.69) is 48.3 Å². The summed E-state index contributed by atoms with van der Waals surface area (Å²) in [6.07, 6.45) is 2.49. The molecule has 21 heavy (non-hydrogen) atoms. The summed E-state index contributed by atoms with van der Waals surface area (Å²) in [5.41, 5.74) is 2.43. The van der Waals surface area contributed by atoms with Crippen molar-refractivity contribution in [1.29, 1.82) is 0 Å². The molecule has 4 heteroatoms. The van der Waals surface area contributed by atoms with Crippen molar-refractivity contribution in [2.24, 2.45) is 0 Å². The molecule has 1 amide bonds. The average Bonchev–Trinajstić information content (AvgIpc) is 2.98. The Morgan fingerprint density at radius 2 is 2.29 bits per heavy atom. The molecule has 0 aliphatic carbocycles. The molecular formula is C17H24N2OS. The Balaban J connectivity index is 1.86. The van der Waals surface area contributed by atoms with Gasteiger partial charge >= 0.3 is 0 Å². The molecule has 0 bridgehead atoms. The maximum atomic E-state index is 12.6. The van der Waals surface area contributed by atoms with Gasteiger partial charge < -0.3 is 4.90 Å². The second-order valence-electron chi connectivity index (χ2n) is 6.57. The molecule has 3 unspecified atom stereocenters. The summed E-state index contributed by atoms with van der Waals surface area (Å²) in [7, 11) is 0. The zero-order chi connectivity index (χ0) is 15.0. The summed E-state index contributed by atoms with van der Waals surface area (Å²) >= 11 is 2.01. The van der Waals surface area contributed by atoms with Crippen LogP contribution in [0.4, 0.5) is 0 Å². The molecule has 3 nitrogen and oxygen atoms in total. The first kappa shape index (κ1) is 14.9. The molecule has 114 valence electrons. The first-order chi connectivity index (χ1) is 9.98. The third kappa shape index (κ3) is 2.97. The summed E-state index contributed by atoms with van der Waals surface area (Å²) in [5, 5.41) is 3.46. The molecule has 0 radical (unpaired) electrons. The number of nitrogens with one attached hydrogen (secondary N) is 1. The second-order valence-corrected chi connectivity index (χ2v) is 8.26. The molecule has 0 saturated carbocycles. The van der Waals surface area contributed by atoms with Crippen molar-refractivity contribution in [1.82, 2.24) is 10.2 Å². The van der Waals surface area contributed by atoms with E-state index in [-0.39, 0.29) is 22.9 Å². The highest BCUT2D eigenvalue weighted by Gasteiger charge is 2.42. The van der Waals surface area contributed by atoms with Crippen molar-refractivity contribution in [2.45, 2.75) is 50.6 Å². The quantitative estimate of drug-likeness (QED) is 0.931. The van der Waals surface area contributed by atoms with Crippen LogP contribution < -0.4 is 5.32 Å². The third-order valence-corrected chi connectivity index (χ3v) is 6.06. The number of thioether (sulfide) groups is 1. The summed E-state index contributed by atoms with van der Waals surface area (Å²) in [6, 6.07) is 8.38. The minimum Gasteiger partial charge on any atom is -0.320 e. The highest BCUT2D eigenvalue weighted by molar-refractivity contribution is 8.00. The SMILES string of the molecule is Cc1cccc(C2NC(C)C(=O)N2CC2(C)CCCS2)c1. The molecule has 0 aromatic heterocycles. The van der Waals surface area contributed by atoms with Gasteiger partial charge in [-0.25, -0.2) is 0 Å². The van der Waals surface area contributed by atoms with E-state index in [1.807, 2.05) is 18.7 Å². The topological polar surface area (TPSA) is 32.3 Å². The third-order valence-electron chi connectivity index (χ3n) is 4.54. The van der Waals surface area contributed by atoms with Crippen LogP contribution in [0, 0.1) is 6.92 Å². The number of rotatable bonds is 3. The number of benzene rings is 1. The predicted octanol–water partition coefficient (Wildman–Crippen LogP) is 3.10. The number of hydrogen-bond acceptors (Lipinski definition) is 3. The van der Waals surface area contributed by atoms with Gasteiger partial charge in [-0.3, -0.25) is 10.1 Å². The minimum absolute atomic E-state index is 0.0189. The lowest BCUT2D eigenvalue weighted by molar-refractivity contribution is -0.130. The zero-order valence-electron chi connectivity index (χ0n) is 13.1. The number of amides is 1. The summed E-state index contributed by atoms with van der Waals surface area (Å²) in [5.74, 6) is 1.45. The molecule has 3 atom stereocenters. The van der Waals surface area contributed by atoms with Gasteiger partial charge in [-0.2, -0.15) is 11.8 Å². The van der Waals surface area contributed by atoms with Crippen LogP contribution in [-0.2, 0) is 4.79 Å². The van der Waals surface area contributed by atoms with Gasteiger partial charge in [-0.05, 0) is 44.9 Å². The molecule has 1 aromatic rings. The van der Waals surface area contributed by atoms with E-state index in [0.717, 1.165) is 6.54 Å². The van der Waals surface area contributed by atoms with Crippen LogP contribution in [-0.4, -0.2) is 33.9 Å². The first-order valence-corrected chi connectivity index (χ1v) is 8.74. The van der Waals surface area contributed by atoms with Crippen molar-refractivity contribution < 1.29 is 4.79 Å². The molecule has 2 aliphatic heterocycles. The van der Waals surface area contributed by atoms with Crippen LogP contribution in [0.2, 0.25) is 0 Å². The number of carbonyl (C=O) groups is 1. The van der Waals surface area contributed by atoms with E-state index < -0.39 is 0 Å². The fraction of sp³-hybridized carbons (Fsp3) is 0.588. The first-order valence-electron chi connectivity index (χ1n) is 7.76. The maximum absolute atomic E-state index is 12.6. The normalized spacial score (nSPS) is 32.9. The van der Waals surface area contributed by atoms with Gasteiger partial charge in [0.2, 0.25) is 5.91 Å². The van der Waals surface area contributed by atoms with Crippen molar-refractivity contribution in [3.63, 3.8) is 0 Å². The van der Waals surface area contributed by atoms with Crippen LogP contribution in [0.15, 0.2) is 24.3 Å². The Kier molecular flexibility index (Phi) is 4.02. The fourth-order valence-electron chi connectivity index (χ4n) is 3.38. The van der Waals surface area contributed by atoms with Crippen LogP contribution in [0.1, 0.15) is 44.0 Å². The Bertz CT molecular complexity index is 539. The van der Waals surface area contributed by atoms with E-state index in [1.54, 1.807) is 0 Å². The van der Waals surface area contributed by atoms with Gasteiger partial charge in [0.1, 0.15) is 6.17 Å². The van der Waals surface area contributed by atoms with E-state index in [0.29, 0.717) is 0 Å². The average molecular weight is 304 g/mol. The Morgan fingerprint density at radius 1 is 1.48 bits per heavy atom. The van der Waals surface area contributed by atoms with Crippen molar-refractivity contribution in [3.05, 3.63) is 35.4 Å². The van der Waals surface area contributed by atoms with Crippen LogP contribution in [0.5, 0.6) is 0 Å². The lowest BCUT2D eigenvalue weighted by Gasteiger charge is -2.33. The van der Waals surface area contributed by atoms with Crippen LogP contribution in [0.3, 0.4) is 0 Å². The molecule has 2 saturated heterocycles. The van der Waals surface area contributed by atoms with Gasteiger partial charge in [-0.15, -0.1) is 0 Å². The minimum atomic E-state index is -0.0921. The van der Waals surface area contributed by atoms with E-state index in [4.69, 9.17) is 0 Å². The Labute approximate surface area is 131 Å². The summed E-state index contributed by atoms with van der Waals surface area (Å²) in [4.78, 5) is 14.6. The number of carbonyl (C=O) groups excluding carboxylic acids is 1. The molecule has 1 N–H and O–H groups in total. The Hall–Kier alpha value is -1.00. The van der Waals surface area contributed by atoms with Crippen molar-refractivity contribution >= 4 is 17.7 Å². The van der Waals surface area contributed by atoms with Gasteiger partial charge in [0.15, 0.2) is 0 Å². The highest BCUT2D eigenvalue weighted by Crippen LogP contribution is 2.40. The lowest BCUT2D eigenvalue weighted by Crippen LogP contribution is -2.40. The van der Waals surface area contributed by atoms with Gasteiger partial charge in [0, 0.05) is 11.3 Å². The Morgan fingerprint density at radius 3 is 2.95 bits per heavy atom. The number of hydrogen-bond donors (Lipinski definition) is 1. The van der Waals surface area contributed by atoms with Gasteiger partial charge in [0.25, 0.3) is 0 Å². The molecule has 3 rings (SSSR count). The zero-order valence-corrected chi connectivity index (χ0v) is 13.9. The van der Waals surface area contributed by atoms with Crippen molar-refractivity contribution in [3.8, 4) is 0 Å². The van der Waals surface area contributed by atoms with Gasteiger partial charge in [0.05, 0.1) is 6.04 Å². The smallest absolute Gasteiger partial charge is 0.241 e. The standard InChI is InChI=1S/C17H24N2OS/c1-12-6-4-7-14(10-12)15-18-13(2)16(20)19(15)11-17(3)8-5-9-21-17/h4,6-7,10,13,15,18H,5,8-9,11H2,1-3H3. The van der Waals surface area contributed by atoms with E-state index in [9.17, 15) is 4.79 Å². The molecule has 2 fully saturated rings. The second kappa shape index (κ2) is 5.65. The molecule has 1 aromatic carbocycles. The number of aryl methyl sites for hydroxylation is 1.